The van der Waals surface area contributed by atoms with Gasteiger partial charge >= 0.3 is 0 Å². The van der Waals surface area contributed by atoms with Gasteiger partial charge in [-0.25, -0.2) is 0 Å². The molecule has 0 amide bonds. The van der Waals surface area contributed by atoms with Crippen molar-refractivity contribution in [2.24, 2.45) is 5.92 Å². The Morgan fingerprint density at radius 3 is 2.58 bits per heavy atom. The minimum atomic E-state index is 0.601. The largest absolute Gasteiger partial charge is 0.491 e. The highest BCUT2D eigenvalue weighted by atomic mass is 16.5. The molecule has 0 aromatic heterocycles. The molecule has 1 fully saturated rings. The molecule has 1 saturated carbocycles. The summed E-state index contributed by atoms with van der Waals surface area (Å²) in [6.07, 6.45) is 5.28. The monoisotopic (exact) mass is 263 g/mol. The molecule has 2 atom stereocenters. The van der Waals surface area contributed by atoms with Crippen LogP contribution in [-0.4, -0.2) is 26.4 Å². The average molecular weight is 263 g/mol. The second-order valence-electron chi connectivity index (χ2n) is 5.29. The van der Waals surface area contributed by atoms with E-state index in [9.17, 15) is 0 Å². The normalized spacial score (nSPS) is 22.4. The van der Waals surface area contributed by atoms with E-state index in [0.717, 1.165) is 11.7 Å². The highest BCUT2D eigenvalue weighted by Crippen LogP contribution is 2.30. The first-order chi connectivity index (χ1) is 9.31. The maximum Gasteiger partial charge on any atom is 0.119 e. The smallest absolute Gasteiger partial charge is 0.119 e. The molecule has 0 spiro atoms. The number of benzene rings is 1. The fourth-order valence-corrected chi connectivity index (χ4v) is 2.70. The Balaban J connectivity index is 1.78. The quantitative estimate of drug-likeness (QED) is 0.761. The predicted octanol–water partition coefficient (Wildman–Crippen LogP) is 3.70. The first kappa shape index (κ1) is 14.2. The first-order valence-electron chi connectivity index (χ1n) is 7.30. The maximum atomic E-state index is 5.55. The van der Waals surface area contributed by atoms with Crippen LogP contribution in [-0.2, 0) is 4.74 Å². The van der Waals surface area contributed by atoms with Crippen LogP contribution in [0.3, 0.4) is 0 Å². The van der Waals surface area contributed by atoms with Crippen molar-refractivity contribution in [1.29, 1.82) is 0 Å². The Morgan fingerprint density at radius 1 is 1.16 bits per heavy atom. The van der Waals surface area contributed by atoms with Gasteiger partial charge in [0.05, 0.1) is 6.61 Å². The zero-order valence-electron chi connectivity index (χ0n) is 12.0. The lowest BCUT2D eigenvalue weighted by Gasteiger charge is -2.15. The van der Waals surface area contributed by atoms with Crippen molar-refractivity contribution in [2.45, 2.75) is 38.6 Å². The third-order valence-electron chi connectivity index (χ3n) is 3.90. The van der Waals surface area contributed by atoms with Crippen molar-refractivity contribution in [2.75, 3.05) is 25.6 Å². The zero-order chi connectivity index (χ0) is 13.5. The van der Waals surface area contributed by atoms with Crippen LogP contribution in [0.1, 0.15) is 32.6 Å². The molecule has 106 valence electrons. The minimum Gasteiger partial charge on any atom is -0.491 e. The lowest BCUT2D eigenvalue weighted by Crippen LogP contribution is -2.15. The number of hydrogen-bond donors (Lipinski definition) is 1. The standard InChI is InChI=1S/C16H25NO2/c1-3-13-4-5-15(12-13)17-14-6-8-16(9-7-14)19-11-10-18-2/h6-9,13,15,17H,3-5,10-12H2,1-2H3. The summed E-state index contributed by atoms with van der Waals surface area (Å²) < 4.78 is 10.5. The molecule has 0 heterocycles. The number of rotatable bonds is 7. The highest BCUT2D eigenvalue weighted by Gasteiger charge is 2.22. The van der Waals surface area contributed by atoms with Crippen LogP contribution in [0.15, 0.2) is 24.3 Å². The molecule has 19 heavy (non-hydrogen) atoms. The van der Waals surface area contributed by atoms with Gasteiger partial charge in [0.1, 0.15) is 12.4 Å². The van der Waals surface area contributed by atoms with E-state index in [0.29, 0.717) is 19.3 Å². The van der Waals surface area contributed by atoms with E-state index in [1.54, 1.807) is 7.11 Å². The van der Waals surface area contributed by atoms with Crippen molar-refractivity contribution < 1.29 is 9.47 Å². The molecular formula is C16H25NO2. The van der Waals surface area contributed by atoms with Crippen molar-refractivity contribution in [3.8, 4) is 5.75 Å². The van der Waals surface area contributed by atoms with Crippen molar-refractivity contribution >= 4 is 5.69 Å². The summed E-state index contributed by atoms with van der Waals surface area (Å²) in [7, 11) is 1.68. The predicted molar refractivity (Wildman–Crippen MR) is 78.9 cm³/mol. The molecule has 0 radical (unpaired) electrons. The second-order valence-corrected chi connectivity index (χ2v) is 5.29. The molecule has 1 aromatic rings. The molecule has 3 heteroatoms. The van der Waals surface area contributed by atoms with Gasteiger partial charge in [0.2, 0.25) is 0 Å². The Kier molecular flexibility index (Phi) is 5.52. The fourth-order valence-electron chi connectivity index (χ4n) is 2.70. The lowest BCUT2D eigenvalue weighted by molar-refractivity contribution is 0.146. The van der Waals surface area contributed by atoms with Crippen LogP contribution in [0.25, 0.3) is 0 Å². The summed E-state index contributed by atoms with van der Waals surface area (Å²) in [5.41, 5.74) is 1.20. The molecule has 0 bridgehead atoms. The third-order valence-corrected chi connectivity index (χ3v) is 3.90. The van der Waals surface area contributed by atoms with Gasteiger partial charge in [0.25, 0.3) is 0 Å². The van der Waals surface area contributed by atoms with Gasteiger partial charge in [-0.3, -0.25) is 0 Å². The van der Waals surface area contributed by atoms with Crippen LogP contribution >= 0.6 is 0 Å². The van der Waals surface area contributed by atoms with Crippen LogP contribution in [0.5, 0.6) is 5.75 Å². The molecular weight excluding hydrogens is 238 g/mol. The zero-order valence-corrected chi connectivity index (χ0v) is 12.0. The molecule has 0 saturated heterocycles. The first-order valence-corrected chi connectivity index (χ1v) is 7.30. The number of hydrogen-bond acceptors (Lipinski definition) is 3. The van der Waals surface area contributed by atoms with Gasteiger partial charge < -0.3 is 14.8 Å². The summed E-state index contributed by atoms with van der Waals surface area (Å²) in [5, 5.41) is 3.62. The van der Waals surface area contributed by atoms with Gasteiger partial charge in [-0.2, -0.15) is 0 Å². The van der Waals surface area contributed by atoms with Crippen LogP contribution in [0, 0.1) is 5.92 Å². The van der Waals surface area contributed by atoms with Gasteiger partial charge in [-0.1, -0.05) is 13.3 Å². The van der Waals surface area contributed by atoms with E-state index < -0.39 is 0 Å². The second kappa shape index (κ2) is 7.39. The van der Waals surface area contributed by atoms with Gasteiger partial charge in [0, 0.05) is 18.8 Å². The minimum absolute atomic E-state index is 0.601. The Bertz CT molecular complexity index is 364. The van der Waals surface area contributed by atoms with E-state index in [4.69, 9.17) is 9.47 Å². The molecule has 0 aliphatic heterocycles. The summed E-state index contributed by atoms with van der Waals surface area (Å²) in [6.45, 7) is 3.52. The number of ether oxygens (including phenoxy) is 2. The summed E-state index contributed by atoms with van der Waals surface area (Å²) >= 11 is 0. The number of methoxy groups -OCH3 is 1. The van der Waals surface area contributed by atoms with Crippen molar-refractivity contribution in [3.63, 3.8) is 0 Å². The summed E-state index contributed by atoms with van der Waals surface area (Å²) in [4.78, 5) is 0. The molecule has 1 aliphatic carbocycles. The number of anilines is 1. The van der Waals surface area contributed by atoms with Crippen LogP contribution < -0.4 is 10.1 Å². The Morgan fingerprint density at radius 2 is 1.95 bits per heavy atom. The van der Waals surface area contributed by atoms with Crippen LogP contribution in [0.2, 0.25) is 0 Å². The lowest BCUT2D eigenvalue weighted by atomic mass is 10.1. The maximum absolute atomic E-state index is 5.55. The molecule has 1 N–H and O–H groups in total. The van der Waals surface area contributed by atoms with Gasteiger partial charge in [-0.05, 0) is 49.4 Å². The van der Waals surface area contributed by atoms with Gasteiger partial charge in [0.15, 0.2) is 0 Å². The van der Waals surface area contributed by atoms with E-state index in [1.807, 2.05) is 12.1 Å². The Labute approximate surface area is 116 Å². The van der Waals surface area contributed by atoms with Gasteiger partial charge in [-0.15, -0.1) is 0 Å². The molecule has 1 aromatic carbocycles. The fraction of sp³-hybridized carbons (Fsp3) is 0.625. The van der Waals surface area contributed by atoms with E-state index in [1.165, 1.54) is 31.4 Å². The SMILES string of the molecule is CCC1CCC(Nc2ccc(OCCOC)cc2)C1. The molecule has 2 rings (SSSR count). The average Bonchev–Trinajstić information content (AvgIpc) is 2.89. The van der Waals surface area contributed by atoms with Crippen LogP contribution in [0.4, 0.5) is 5.69 Å². The Hall–Kier alpha value is -1.22. The van der Waals surface area contributed by atoms with E-state index in [-0.39, 0.29) is 0 Å². The number of nitrogens with one attached hydrogen (secondary N) is 1. The third kappa shape index (κ3) is 4.43. The van der Waals surface area contributed by atoms with Crippen molar-refractivity contribution in [3.05, 3.63) is 24.3 Å². The van der Waals surface area contributed by atoms with E-state index in [2.05, 4.69) is 24.4 Å². The summed E-state index contributed by atoms with van der Waals surface area (Å²) in [5.74, 6) is 1.81. The topological polar surface area (TPSA) is 30.5 Å². The molecule has 1 aliphatic rings. The molecule has 2 unspecified atom stereocenters. The summed E-state index contributed by atoms with van der Waals surface area (Å²) in [6, 6.07) is 8.88. The van der Waals surface area contributed by atoms with E-state index >= 15 is 0 Å². The van der Waals surface area contributed by atoms with Crippen molar-refractivity contribution in [1.82, 2.24) is 0 Å². The highest BCUT2D eigenvalue weighted by molar-refractivity contribution is 5.47. The molecule has 3 nitrogen and oxygen atoms in total.